The summed E-state index contributed by atoms with van der Waals surface area (Å²) >= 11 is 0. The quantitative estimate of drug-likeness (QED) is 0.0810. The van der Waals surface area contributed by atoms with Crippen LogP contribution in [0, 0.1) is 92.7 Å². The largest absolute Gasteiger partial charge is 2.00 e. The fraction of sp³-hybridized carbons (Fsp3) is 0.103. The molecule has 0 radical (unpaired) electrons. The Hall–Kier alpha value is -15.6. The minimum absolute atomic E-state index is 0. The van der Waals surface area contributed by atoms with Crippen LogP contribution < -0.4 is 13.7 Å². The number of benzene rings is 6. The van der Waals surface area contributed by atoms with Crippen LogP contribution in [0.4, 0.5) is 0 Å². The Morgan fingerprint density at radius 1 is 0.255 bits per heavy atom. The van der Waals surface area contributed by atoms with Crippen molar-refractivity contribution in [1.29, 1.82) is 0 Å². The van der Waals surface area contributed by atoms with E-state index < -0.39 is 0 Å². The number of aryl methyl sites for hydroxylation is 11. The number of furan rings is 12. The van der Waals surface area contributed by atoms with Gasteiger partial charge >= 0.3 is 63.2 Å². The van der Waals surface area contributed by atoms with Crippen molar-refractivity contribution >= 4 is 132 Å². The van der Waals surface area contributed by atoms with Crippen molar-refractivity contribution in [3.8, 4) is 114 Å². The summed E-state index contributed by atoms with van der Waals surface area (Å²) in [6, 6.07) is 31.8. The van der Waals surface area contributed by atoms with Gasteiger partial charge in [0.2, 0.25) is 19.0 Å². The van der Waals surface area contributed by atoms with Gasteiger partial charge < -0.3 is 151 Å². The van der Waals surface area contributed by atoms with E-state index in [0.717, 1.165) is 206 Å². The van der Waals surface area contributed by atoms with Gasteiger partial charge in [0.1, 0.15) is 5.82 Å². The molecule has 0 aliphatic rings. The third-order valence-corrected chi connectivity index (χ3v) is 24.4. The minimum atomic E-state index is 0. The molecule has 0 unspecified atom stereocenters. The zero-order chi connectivity index (χ0) is 96.7. The summed E-state index contributed by atoms with van der Waals surface area (Å²) in [4.78, 5) is 38.5. The maximum Gasteiger partial charge on any atom is 2.00 e. The second kappa shape index (κ2) is 41.6. The Kier molecular flexibility index (Phi) is 28.5. The molecule has 0 N–H and O–H groups in total. The number of aromatic nitrogens is 24. The molecule has 0 saturated carbocycles. The van der Waals surface area contributed by atoms with E-state index in [-0.39, 0.29) is 126 Å². The zero-order valence-corrected chi connectivity index (χ0v) is 93.0. The molecule has 756 valence electrons. The van der Waals surface area contributed by atoms with Crippen molar-refractivity contribution in [3.63, 3.8) is 0 Å². The Labute approximate surface area is 929 Å². The summed E-state index contributed by atoms with van der Waals surface area (Å²) in [5, 5.41) is 10.4. The zero-order valence-electron chi connectivity index (χ0n) is 79.4. The van der Waals surface area contributed by atoms with Crippen LogP contribution in [-0.4, -0.2) is 99.7 Å². The number of hydrogen-bond acceptors (Lipinski definition) is 21. The van der Waals surface area contributed by atoms with E-state index in [2.05, 4.69) is 138 Å². The Bertz CT molecular complexity index is 8930. The first-order valence-electron chi connectivity index (χ1n) is 44.2. The number of hydrogen-bond donors (Lipinski definition) is 0. The topological polar surface area (TPSA) is 344 Å². The molecule has 30 aromatic rings. The maximum atomic E-state index is 5.68. The van der Waals surface area contributed by atoms with Gasteiger partial charge in [0.15, 0.2) is 0 Å². The number of fused-ring (bicyclic) bond motifs is 12. The predicted molar refractivity (Wildman–Crippen MR) is 515 cm³/mol. The van der Waals surface area contributed by atoms with Gasteiger partial charge in [-0.3, -0.25) is 0 Å². The molecule has 0 aliphatic carbocycles. The average molecular weight is 3050 g/mol. The van der Waals surface area contributed by atoms with Crippen molar-refractivity contribution < 1.29 is 193 Å². The van der Waals surface area contributed by atoms with E-state index in [0.29, 0.717) is 39.1 Å². The van der Waals surface area contributed by atoms with Crippen molar-refractivity contribution in [2.24, 2.45) is 77.5 Å². The molecule has 0 fully saturated rings. The van der Waals surface area contributed by atoms with Gasteiger partial charge in [0.25, 0.3) is 0 Å². The first-order valence-corrected chi connectivity index (χ1v) is 44.2. The second-order valence-electron chi connectivity index (χ2n) is 33.9. The number of nitrogens with zero attached hydrogens (tertiary/aromatic N) is 24. The maximum absolute atomic E-state index is 5.68. The first kappa shape index (κ1) is 102. The van der Waals surface area contributed by atoms with E-state index in [1.54, 1.807) is 136 Å². The van der Waals surface area contributed by atoms with Gasteiger partial charge in [0.05, 0.1) is 173 Å². The fourth-order valence-electron chi connectivity index (χ4n) is 17.3. The van der Waals surface area contributed by atoms with Gasteiger partial charge in [-0.05, 0) is 104 Å². The van der Waals surface area contributed by atoms with Gasteiger partial charge in [-0.1, -0.05) is 149 Å². The average Bonchev–Trinajstić information content (AvgIpc) is 1.64. The third-order valence-electron chi connectivity index (χ3n) is 24.4. The van der Waals surface area contributed by atoms with Crippen LogP contribution in [-0.2, 0) is 204 Å². The molecule has 0 amide bonds. The smallest absolute Gasteiger partial charge is 0.508 e. The summed E-state index contributed by atoms with van der Waals surface area (Å²) in [5.74, 6) is 4.76. The molecular weight excluding hydrogens is 2980 g/mol. The van der Waals surface area contributed by atoms with Crippen LogP contribution in [0.25, 0.3) is 245 Å². The molecular formula is C107H70N24O12Pt6-6. The molecule has 0 bridgehead atoms. The molecule has 36 nitrogen and oxygen atoms in total. The third kappa shape index (κ3) is 18.6. The molecule has 42 heteroatoms. The summed E-state index contributed by atoms with van der Waals surface area (Å²) < 4.78 is 96.3. The SMILES string of the molecule is Cn1c[c-]nc1-c1coc2cc3occ(-n4[c-][n+](C)cc4)c3[c-]c12.Cn1c[c-]nc1-c1coc2cc3occ(-n4[c-][n+](C)cc4)c3[c-]c12.Cn1c[c-]nc1-c1coc2cc3occ(-n4[c-][n+](C)cc4)c3[c-]c12.Cn1ccnc1-c1coc2cc3occ(-n4[c-]ncc4)c3[c-]c12.Cn1cnc(-c2coc3cc4occ(-c5n[c-]cn5C)c4[c-]c23)c1.Cn1cnc(-c2coc3cc4occ(-c5n[c-]cn5C)c4[c-]c23)c1.[Pt+2].[Pt+2].[Pt+2].[Pt].[Pt].[Pt]. The van der Waals surface area contributed by atoms with Crippen LogP contribution in [0.15, 0.2) is 283 Å². The summed E-state index contributed by atoms with van der Waals surface area (Å²) in [6.45, 7) is 0. The Morgan fingerprint density at radius 3 is 0.718 bits per heavy atom. The van der Waals surface area contributed by atoms with Crippen LogP contribution in [0.1, 0.15) is 0 Å². The normalized spacial score (nSPS) is 11.3. The van der Waals surface area contributed by atoms with Crippen molar-refractivity contribution in [2.75, 3.05) is 0 Å². The van der Waals surface area contributed by atoms with Gasteiger partial charge in [0, 0.05) is 190 Å². The number of imidazole rings is 12. The molecule has 149 heavy (non-hydrogen) atoms. The van der Waals surface area contributed by atoms with Gasteiger partial charge in [-0.25, -0.2) is 15.0 Å². The fourth-order valence-corrected chi connectivity index (χ4v) is 17.3. The van der Waals surface area contributed by atoms with Crippen molar-refractivity contribution in [2.45, 2.75) is 0 Å². The van der Waals surface area contributed by atoms with Crippen molar-refractivity contribution in [3.05, 3.63) is 322 Å². The summed E-state index contributed by atoms with van der Waals surface area (Å²) in [5.41, 5.74) is 20.9. The number of rotatable bonds is 12. The van der Waals surface area contributed by atoms with E-state index in [9.17, 15) is 0 Å². The van der Waals surface area contributed by atoms with E-state index in [1.807, 2.05) is 240 Å². The molecule has 30 rings (SSSR count). The van der Waals surface area contributed by atoms with Gasteiger partial charge in [-0.15, -0.1) is 67.4 Å². The van der Waals surface area contributed by atoms with E-state index >= 15 is 0 Å². The molecule has 6 aromatic carbocycles. The van der Waals surface area contributed by atoms with Crippen LogP contribution in [0.3, 0.4) is 0 Å². The van der Waals surface area contributed by atoms with E-state index in [1.165, 1.54) is 0 Å². The molecule has 0 atom stereocenters. The Morgan fingerprint density at radius 2 is 0.497 bits per heavy atom. The van der Waals surface area contributed by atoms with Crippen molar-refractivity contribution in [1.82, 2.24) is 99.7 Å². The Balaban J connectivity index is 0.000000111. The van der Waals surface area contributed by atoms with Crippen LogP contribution in [0.5, 0.6) is 0 Å². The molecule has 0 spiro atoms. The standard InChI is InChI=1S/5C18H12N4O2.C17H10N4O2.6Pt/c2*1-21-7-15(20-10-21)13-8-23-16-6-17-12(5-11(13)16)14(9-24-17)18-19-3-4-22(18)2;3*1-20-5-6-22(11-20)15-10-24-17-8-16-12(7-13(15)17)14(9-23-16)18-19-3-4-21(18)2;1-20-4-3-19-17(20)13-8-22-15-7-16-12(6-11(13)15)14(9-23-16)21-5-2-18-10-21;;;;;;/h2*4,6-10H,1-2H3;3*4-6,8-10H,1-2H3;2-5,7-9H,1H3;;;;;;/q6*-2;;;;3*+2. The first-order chi connectivity index (χ1) is 69.8. The molecule has 0 aliphatic heterocycles. The minimum Gasteiger partial charge on any atom is -0.508 e. The van der Waals surface area contributed by atoms with Crippen LogP contribution in [0.2, 0.25) is 0 Å². The van der Waals surface area contributed by atoms with Gasteiger partial charge in [-0.2, -0.15) is 0 Å². The molecule has 0 saturated heterocycles. The molecule has 24 heterocycles. The predicted octanol–water partition coefficient (Wildman–Crippen LogP) is 18.3. The second-order valence-corrected chi connectivity index (χ2v) is 33.9. The summed E-state index contributed by atoms with van der Waals surface area (Å²) in [6.07, 6.45) is 82.0. The molecule has 24 aromatic heterocycles. The monoisotopic (exact) mass is 3050 g/mol. The van der Waals surface area contributed by atoms with E-state index in [4.69, 9.17) is 53.0 Å². The summed E-state index contributed by atoms with van der Waals surface area (Å²) in [7, 11) is 21.2. The van der Waals surface area contributed by atoms with Crippen LogP contribution >= 0.6 is 0 Å².